The summed E-state index contributed by atoms with van der Waals surface area (Å²) in [6, 6.07) is 8.66. The first kappa shape index (κ1) is 26.6. The van der Waals surface area contributed by atoms with E-state index >= 15 is 0 Å². The van der Waals surface area contributed by atoms with Gasteiger partial charge in [0.05, 0.1) is 29.1 Å². The van der Waals surface area contributed by atoms with Gasteiger partial charge in [-0.15, -0.1) is 0 Å². The van der Waals surface area contributed by atoms with Crippen molar-refractivity contribution in [3.05, 3.63) is 46.4 Å². The minimum Gasteiger partial charge on any atom is -0.495 e. The molecule has 0 saturated carbocycles. The maximum Gasteiger partial charge on any atom is 0.246 e. The Morgan fingerprint density at radius 1 is 1.09 bits per heavy atom. The second-order valence-electron chi connectivity index (χ2n) is 7.72. The Morgan fingerprint density at radius 2 is 1.76 bits per heavy atom. The molecule has 1 amide bonds. The number of rotatable bonds is 8. The number of nitrogens with zero attached hydrogens (tertiary/aromatic N) is 2. The van der Waals surface area contributed by atoms with Crippen molar-refractivity contribution in [1.29, 1.82) is 0 Å². The van der Waals surface area contributed by atoms with Gasteiger partial charge in [-0.2, -0.15) is 4.31 Å². The van der Waals surface area contributed by atoms with Gasteiger partial charge in [0.15, 0.2) is 0 Å². The Hall–Kier alpha value is -2.05. The summed E-state index contributed by atoms with van der Waals surface area (Å²) in [6.07, 6.45) is 3.44. The van der Waals surface area contributed by atoms with E-state index in [1.807, 2.05) is 0 Å². The molecule has 1 heterocycles. The van der Waals surface area contributed by atoms with Crippen LogP contribution in [0, 0.1) is 0 Å². The number of carbonyl (C=O) groups excluding carboxylic acids is 1. The molecule has 0 radical (unpaired) electrons. The van der Waals surface area contributed by atoms with Gasteiger partial charge in [0.1, 0.15) is 17.2 Å². The summed E-state index contributed by atoms with van der Waals surface area (Å²) >= 11 is 12.2. The van der Waals surface area contributed by atoms with Gasteiger partial charge in [0, 0.05) is 18.8 Å². The first-order valence-electron chi connectivity index (χ1n) is 10.3. The molecule has 2 aromatic carbocycles. The van der Waals surface area contributed by atoms with E-state index in [1.165, 1.54) is 47.8 Å². The number of methoxy groups -OCH3 is 1. The van der Waals surface area contributed by atoms with Crippen molar-refractivity contribution in [2.24, 2.45) is 0 Å². The molecule has 3 rings (SSSR count). The molecular formula is C21H25Cl2N3O6S2. The molecule has 1 saturated heterocycles. The van der Waals surface area contributed by atoms with Gasteiger partial charge in [0.2, 0.25) is 26.0 Å². The van der Waals surface area contributed by atoms with Crippen molar-refractivity contribution in [2.45, 2.75) is 24.2 Å². The van der Waals surface area contributed by atoms with E-state index in [-0.39, 0.29) is 32.1 Å². The number of amides is 1. The highest BCUT2D eigenvalue weighted by Gasteiger charge is 2.30. The summed E-state index contributed by atoms with van der Waals surface area (Å²) in [5, 5.41) is 2.68. The Morgan fingerprint density at radius 3 is 2.38 bits per heavy atom. The van der Waals surface area contributed by atoms with Gasteiger partial charge in [-0.1, -0.05) is 35.7 Å². The van der Waals surface area contributed by atoms with E-state index < -0.39 is 32.5 Å². The normalized spacial score (nSPS) is 15.1. The number of halogens is 2. The Balaban J connectivity index is 1.88. The number of hydrogen-bond donors (Lipinski definition) is 1. The number of carbonyl (C=O) groups is 1. The monoisotopic (exact) mass is 549 g/mol. The summed E-state index contributed by atoms with van der Waals surface area (Å²) in [5.74, 6) is -0.556. The van der Waals surface area contributed by atoms with Crippen molar-refractivity contribution >= 4 is 60.5 Å². The molecule has 0 unspecified atom stereocenters. The number of nitrogens with one attached hydrogen (secondary N) is 1. The number of piperidine rings is 1. The maximum absolute atomic E-state index is 13.2. The summed E-state index contributed by atoms with van der Waals surface area (Å²) in [6.45, 7) is 0.219. The lowest BCUT2D eigenvalue weighted by molar-refractivity contribution is -0.114. The number of ether oxygens (including phenoxy) is 1. The van der Waals surface area contributed by atoms with Crippen LogP contribution in [0.2, 0.25) is 10.0 Å². The summed E-state index contributed by atoms with van der Waals surface area (Å²) in [4.78, 5) is 12.7. The number of sulfonamides is 2. The highest BCUT2D eigenvalue weighted by atomic mass is 35.5. The molecule has 13 heteroatoms. The Kier molecular flexibility index (Phi) is 8.35. The first-order valence-corrected chi connectivity index (χ1v) is 14.4. The molecule has 0 atom stereocenters. The van der Waals surface area contributed by atoms with Crippen molar-refractivity contribution < 1.29 is 26.4 Å². The van der Waals surface area contributed by atoms with E-state index in [1.54, 1.807) is 0 Å². The summed E-state index contributed by atoms with van der Waals surface area (Å²) < 4.78 is 58.6. The van der Waals surface area contributed by atoms with Gasteiger partial charge in [-0.25, -0.2) is 16.8 Å². The Bertz CT molecular complexity index is 1280. The molecule has 0 aromatic heterocycles. The zero-order valence-electron chi connectivity index (χ0n) is 18.6. The number of benzene rings is 2. The standard InChI is InChI=1S/C21H25Cl2N3O6S2/c1-32-18-10-9-15(13-19(18)34(30,31)25-11-4-3-5-12-25)24-20(27)14-26(33(2,28)29)17-8-6-7-16(22)21(17)23/h6-10,13H,3-5,11-12,14H2,1-2H3,(H,24,27). The maximum atomic E-state index is 13.2. The zero-order valence-corrected chi connectivity index (χ0v) is 21.8. The van der Waals surface area contributed by atoms with Gasteiger partial charge < -0.3 is 10.1 Å². The molecule has 186 valence electrons. The van der Waals surface area contributed by atoms with Crippen molar-refractivity contribution in [3.8, 4) is 5.75 Å². The van der Waals surface area contributed by atoms with Gasteiger partial charge >= 0.3 is 0 Å². The van der Waals surface area contributed by atoms with Gasteiger partial charge in [-0.05, 0) is 43.2 Å². The van der Waals surface area contributed by atoms with Crippen molar-refractivity contribution in [3.63, 3.8) is 0 Å². The molecule has 1 fully saturated rings. The molecule has 1 aliphatic rings. The lowest BCUT2D eigenvalue weighted by atomic mass is 10.2. The fraction of sp³-hybridized carbons (Fsp3) is 0.381. The minimum atomic E-state index is -3.89. The number of anilines is 2. The van der Waals surface area contributed by atoms with Crippen LogP contribution in [0.15, 0.2) is 41.3 Å². The topological polar surface area (TPSA) is 113 Å². The summed E-state index contributed by atoms with van der Waals surface area (Å²) in [7, 11) is -6.38. The molecular weight excluding hydrogens is 525 g/mol. The third kappa shape index (κ3) is 5.95. The number of hydrogen-bond acceptors (Lipinski definition) is 6. The smallest absolute Gasteiger partial charge is 0.246 e. The fourth-order valence-corrected chi connectivity index (χ4v) is 6.60. The Labute approximate surface area is 209 Å². The van der Waals surface area contributed by atoms with E-state index in [0.717, 1.165) is 29.8 Å². The minimum absolute atomic E-state index is 0.0123. The molecule has 2 aromatic rings. The lowest BCUT2D eigenvalue weighted by Crippen LogP contribution is -2.37. The third-order valence-corrected chi connectivity index (χ3v) is 9.12. The molecule has 9 nitrogen and oxygen atoms in total. The first-order chi connectivity index (χ1) is 15.9. The van der Waals surface area contributed by atoms with Crippen LogP contribution >= 0.6 is 23.2 Å². The van der Waals surface area contributed by atoms with E-state index in [9.17, 15) is 21.6 Å². The van der Waals surface area contributed by atoms with Crippen molar-refractivity contribution in [1.82, 2.24) is 4.31 Å². The van der Waals surface area contributed by atoms with Crippen LogP contribution in [0.4, 0.5) is 11.4 Å². The quantitative estimate of drug-likeness (QED) is 0.538. The highest BCUT2D eigenvalue weighted by molar-refractivity contribution is 7.92. The molecule has 0 spiro atoms. The van der Waals surface area contributed by atoms with Crippen LogP contribution in [-0.4, -0.2) is 60.0 Å². The average molecular weight is 550 g/mol. The van der Waals surface area contributed by atoms with Crippen LogP contribution in [0.1, 0.15) is 19.3 Å². The predicted molar refractivity (Wildman–Crippen MR) is 133 cm³/mol. The van der Waals surface area contributed by atoms with Crippen LogP contribution < -0.4 is 14.4 Å². The molecule has 1 N–H and O–H groups in total. The zero-order chi connectivity index (χ0) is 25.1. The largest absolute Gasteiger partial charge is 0.495 e. The van der Waals surface area contributed by atoms with Gasteiger partial charge in [-0.3, -0.25) is 9.10 Å². The molecule has 34 heavy (non-hydrogen) atoms. The second-order valence-corrected chi connectivity index (χ2v) is 12.3. The highest BCUT2D eigenvalue weighted by Crippen LogP contribution is 2.34. The second kappa shape index (κ2) is 10.7. The molecule has 0 bridgehead atoms. The lowest BCUT2D eigenvalue weighted by Gasteiger charge is -2.27. The average Bonchev–Trinajstić information content (AvgIpc) is 2.79. The third-order valence-electron chi connectivity index (χ3n) is 5.27. The SMILES string of the molecule is COc1ccc(NC(=O)CN(c2cccc(Cl)c2Cl)S(C)(=O)=O)cc1S(=O)(=O)N1CCCCC1. The van der Waals surface area contributed by atoms with Crippen molar-refractivity contribution in [2.75, 3.05) is 42.6 Å². The van der Waals surface area contributed by atoms with Gasteiger partial charge in [0.25, 0.3) is 0 Å². The predicted octanol–water partition coefficient (Wildman–Crippen LogP) is 3.58. The van der Waals surface area contributed by atoms with Crippen LogP contribution in [0.5, 0.6) is 5.75 Å². The van der Waals surface area contributed by atoms with E-state index in [2.05, 4.69) is 5.32 Å². The van der Waals surface area contributed by atoms with E-state index in [4.69, 9.17) is 27.9 Å². The van der Waals surface area contributed by atoms with Crippen LogP contribution in [-0.2, 0) is 24.8 Å². The molecule has 1 aliphatic heterocycles. The molecule has 0 aliphatic carbocycles. The fourth-order valence-electron chi connectivity index (χ4n) is 3.60. The van der Waals surface area contributed by atoms with Crippen LogP contribution in [0.3, 0.4) is 0 Å². The summed E-state index contributed by atoms with van der Waals surface area (Å²) in [5.41, 5.74) is 0.224. The van der Waals surface area contributed by atoms with Crippen LogP contribution in [0.25, 0.3) is 0 Å². The van der Waals surface area contributed by atoms with E-state index in [0.29, 0.717) is 13.1 Å².